The molecule has 0 aromatic heterocycles. The fourth-order valence-electron chi connectivity index (χ4n) is 6.45. The maximum absolute atomic E-state index is 6.36. The SMILES string of the molecule is CC(C)[C@H](CN1CC[C@H](C2=CCC(Cl)CC2)C(C)(C)C1)NC[C@@H]1CCN(CCCN(C)C)C1. The van der Waals surface area contributed by atoms with Crippen molar-refractivity contribution in [1.29, 1.82) is 0 Å². The molecule has 2 saturated heterocycles. The highest BCUT2D eigenvalue weighted by Gasteiger charge is 2.39. The van der Waals surface area contributed by atoms with Crippen molar-refractivity contribution in [2.24, 2.45) is 23.2 Å². The molecule has 3 aliphatic rings. The van der Waals surface area contributed by atoms with Crippen molar-refractivity contribution in [2.75, 3.05) is 66.5 Å². The molecule has 0 aromatic carbocycles. The maximum Gasteiger partial charge on any atom is 0.0373 e. The van der Waals surface area contributed by atoms with Gasteiger partial charge in [-0.05, 0) is 109 Å². The van der Waals surface area contributed by atoms with Crippen LogP contribution < -0.4 is 5.32 Å². The monoisotopic (exact) mass is 480 g/mol. The first-order valence-corrected chi connectivity index (χ1v) is 14.2. The summed E-state index contributed by atoms with van der Waals surface area (Å²) in [6.45, 7) is 19.6. The largest absolute Gasteiger partial charge is 0.312 e. The topological polar surface area (TPSA) is 21.8 Å². The van der Waals surface area contributed by atoms with Crippen LogP contribution in [0.1, 0.15) is 66.2 Å². The molecule has 0 bridgehead atoms. The molecule has 0 spiro atoms. The molecule has 0 radical (unpaired) electrons. The fourth-order valence-corrected chi connectivity index (χ4v) is 6.65. The fraction of sp³-hybridized carbons (Fsp3) is 0.929. The summed E-state index contributed by atoms with van der Waals surface area (Å²) in [5, 5.41) is 4.37. The average molecular weight is 481 g/mol. The number of rotatable bonds is 11. The Morgan fingerprint density at radius 3 is 2.55 bits per heavy atom. The molecular weight excluding hydrogens is 428 g/mol. The summed E-state index contributed by atoms with van der Waals surface area (Å²) in [6, 6.07) is 0.589. The zero-order valence-electron chi connectivity index (χ0n) is 22.6. The summed E-state index contributed by atoms with van der Waals surface area (Å²) in [5.74, 6) is 2.22. The van der Waals surface area contributed by atoms with E-state index in [1.165, 1.54) is 78.0 Å². The van der Waals surface area contributed by atoms with Gasteiger partial charge in [-0.15, -0.1) is 11.6 Å². The van der Waals surface area contributed by atoms with Crippen molar-refractivity contribution in [1.82, 2.24) is 20.0 Å². The first-order chi connectivity index (χ1) is 15.6. The second-order valence-electron chi connectivity index (χ2n) is 12.6. The standard InChI is InChI=1S/C28H53ClN4/c1-22(2)27(30-18-23-12-16-32(19-23)15-7-14-31(5)6)20-33-17-13-26(28(3,4)21-33)24-8-10-25(29)11-9-24/h8,22-23,25-27,30H,7,9-21H2,1-6H3/t23-,25?,26+,27-/m0/s1. The summed E-state index contributed by atoms with van der Waals surface area (Å²) in [5.41, 5.74) is 2.05. The number of halogens is 1. The van der Waals surface area contributed by atoms with E-state index in [0.29, 0.717) is 22.8 Å². The Labute approximate surface area is 210 Å². The summed E-state index contributed by atoms with van der Waals surface area (Å²) >= 11 is 6.36. The average Bonchev–Trinajstić information content (AvgIpc) is 3.18. The predicted octanol–water partition coefficient (Wildman–Crippen LogP) is 4.94. The van der Waals surface area contributed by atoms with Crippen LogP contribution >= 0.6 is 11.6 Å². The van der Waals surface area contributed by atoms with Crippen LogP contribution in [0.5, 0.6) is 0 Å². The highest BCUT2D eigenvalue weighted by Crippen LogP contribution is 2.43. The van der Waals surface area contributed by atoms with Gasteiger partial charge in [0, 0.05) is 31.1 Å². The number of hydrogen-bond acceptors (Lipinski definition) is 4. The predicted molar refractivity (Wildman–Crippen MR) is 144 cm³/mol. The van der Waals surface area contributed by atoms with Crippen LogP contribution in [0.4, 0.5) is 0 Å². The van der Waals surface area contributed by atoms with E-state index < -0.39 is 0 Å². The van der Waals surface area contributed by atoms with E-state index in [-0.39, 0.29) is 0 Å². The van der Waals surface area contributed by atoms with Gasteiger partial charge in [0.05, 0.1) is 0 Å². The Hall–Kier alpha value is -0.130. The second-order valence-corrected chi connectivity index (χ2v) is 13.2. The number of likely N-dealkylation sites (tertiary alicyclic amines) is 2. The Morgan fingerprint density at radius 1 is 1.15 bits per heavy atom. The zero-order chi connectivity index (χ0) is 24.0. The Kier molecular flexibility index (Phi) is 10.6. The molecule has 1 N–H and O–H groups in total. The summed E-state index contributed by atoms with van der Waals surface area (Å²) < 4.78 is 0. The van der Waals surface area contributed by atoms with Gasteiger partial charge in [-0.3, -0.25) is 0 Å². The molecule has 192 valence electrons. The van der Waals surface area contributed by atoms with E-state index in [4.69, 9.17) is 11.6 Å². The first kappa shape index (κ1) is 27.5. The number of nitrogens with zero attached hydrogens (tertiary/aromatic N) is 3. The third-order valence-corrected chi connectivity index (χ3v) is 8.91. The second kappa shape index (κ2) is 12.7. The molecule has 4 nitrogen and oxygen atoms in total. The highest BCUT2D eigenvalue weighted by atomic mass is 35.5. The lowest BCUT2D eigenvalue weighted by atomic mass is 9.68. The van der Waals surface area contributed by atoms with Crippen LogP contribution in [0.25, 0.3) is 0 Å². The van der Waals surface area contributed by atoms with Crippen molar-refractivity contribution in [3.63, 3.8) is 0 Å². The molecule has 33 heavy (non-hydrogen) atoms. The van der Waals surface area contributed by atoms with Gasteiger partial charge in [0.25, 0.3) is 0 Å². The Morgan fingerprint density at radius 2 is 1.91 bits per heavy atom. The number of nitrogens with one attached hydrogen (secondary N) is 1. The van der Waals surface area contributed by atoms with Gasteiger partial charge in [0.1, 0.15) is 0 Å². The van der Waals surface area contributed by atoms with Crippen molar-refractivity contribution in [3.8, 4) is 0 Å². The minimum Gasteiger partial charge on any atom is -0.312 e. The van der Waals surface area contributed by atoms with E-state index >= 15 is 0 Å². The lowest BCUT2D eigenvalue weighted by Crippen LogP contribution is -2.52. The minimum absolute atomic E-state index is 0.350. The molecule has 2 heterocycles. The van der Waals surface area contributed by atoms with Gasteiger partial charge >= 0.3 is 0 Å². The summed E-state index contributed by atoms with van der Waals surface area (Å²) in [4.78, 5) is 7.73. The first-order valence-electron chi connectivity index (χ1n) is 13.8. The Bertz CT molecular complexity index is 617. The number of hydrogen-bond donors (Lipinski definition) is 1. The third kappa shape index (κ3) is 8.49. The number of piperidine rings is 1. The van der Waals surface area contributed by atoms with E-state index in [2.05, 4.69) is 67.9 Å². The van der Waals surface area contributed by atoms with E-state index in [1.807, 2.05) is 0 Å². The van der Waals surface area contributed by atoms with Crippen molar-refractivity contribution in [3.05, 3.63) is 11.6 Å². The lowest BCUT2D eigenvalue weighted by molar-refractivity contribution is 0.0594. The molecule has 2 aliphatic heterocycles. The van der Waals surface area contributed by atoms with Crippen molar-refractivity contribution >= 4 is 11.6 Å². The van der Waals surface area contributed by atoms with Gasteiger partial charge in [-0.25, -0.2) is 0 Å². The number of allylic oxidation sites excluding steroid dienone is 2. The summed E-state index contributed by atoms with van der Waals surface area (Å²) in [7, 11) is 4.35. The zero-order valence-corrected chi connectivity index (χ0v) is 23.3. The van der Waals surface area contributed by atoms with Crippen LogP contribution in [0.15, 0.2) is 11.6 Å². The molecule has 5 heteroatoms. The van der Waals surface area contributed by atoms with Gasteiger partial charge in [0.15, 0.2) is 0 Å². The van der Waals surface area contributed by atoms with Gasteiger partial charge in [-0.2, -0.15) is 0 Å². The smallest absolute Gasteiger partial charge is 0.0373 e. The normalized spacial score (nSPS) is 30.2. The Balaban J connectivity index is 1.44. The van der Waals surface area contributed by atoms with Crippen molar-refractivity contribution in [2.45, 2.75) is 77.6 Å². The van der Waals surface area contributed by atoms with Gasteiger partial charge < -0.3 is 20.0 Å². The van der Waals surface area contributed by atoms with Crippen LogP contribution in [0.2, 0.25) is 0 Å². The molecule has 0 saturated carbocycles. The lowest BCUT2D eigenvalue weighted by Gasteiger charge is -2.47. The van der Waals surface area contributed by atoms with E-state index in [1.54, 1.807) is 5.57 Å². The van der Waals surface area contributed by atoms with Gasteiger partial charge in [0.2, 0.25) is 0 Å². The molecule has 1 unspecified atom stereocenters. The third-order valence-electron chi connectivity index (χ3n) is 8.52. The quantitative estimate of drug-likeness (QED) is 0.334. The van der Waals surface area contributed by atoms with Crippen molar-refractivity contribution < 1.29 is 0 Å². The van der Waals surface area contributed by atoms with Crippen LogP contribution in [0, 0.1) is 23.2 Å². The van der Waals surface area contributed by atoms with Crippen LogP contribution in [0.3, 0.4) is 0 Å². The molecule has 0 amide bonds. The summed E-state index contributed by atoms with van der Waals surface area (Å²) in [6.07, 6.45) is 9.88. The number of alkyl halides is 1. The highest BCUT2D eigenvalue weighted by molar-refractivity contribution is 6.20. The molecular formula is C28H53ClN4. The molecule has 1 aliphatic carbocycles. The molecule has 3 rings (SSSR count). The van der Waals surface area contributed by atoms with Gasteiger partial charge in [-0.1, -0.05) is 39.3 Å². The molecule has 2 fully saturated rings. The van der Waals surface area contributed by atoms with Crippen LogP contribution in [-0.2, 0) is 0 Å². The minimum atomic E-state index is 0.350. The maximum atomic E-state index is 6.36. The molecule has 0 aromatic rings. The van der Waals surface area contributed by atoms with Crippen LogP contribution in [-0.4, -0.2) is 92.6 Å². The van der Waals surface area contributed by atoms with E-state index in [0.717, 1.165) is 24.7 Å². The van der Waals surface area contributed by atoms with E-state index in [9.17, 15) is 0 Å². The molecule has 4 atom stereocenters.